The zero-order chi connectivity index (χ0) is 18.6. The van der Waals surface area contributed by atoms with Crippen LogP contribution in [-0.2, 0) is 10.2 Å². The van der Waals surface area contributed by atoms with Gasteiger partial charge in [0.05, 0.1) is 4.70 Å². The maximum absolute atomic E-state index is 12.9. The summed E-state index contributed by atoms with van der Waals surface area (Å²) in [5.74, 6) is -0.244. The molecule has 0 saturated heterocycles. The fraction of sp³-hybridized carbons (Fsp3) is 0.250. The molecule has 1 aliphatic carbocycles. The van der Waals surface area contributed by atoms with Gasteiger partial charge in [0.25, 0.3) is 5.91 Å². The van der Waals surface area contributed by atoms with Crippen LogP contribution >= 0.6 is 27.5 Å². The van der Waals surface area contributed by atoms with Gasteiger partial charge in [0.2, 0.25) is 5.91 Å². The second-order valence-corrected chi connectivity index (χ2v) is 9.01. The van der Waals surface area contributed by atoms with Crippen LogP contribution in [0.25, 0.3) is 10.1 Å². The van der Waals surface area contributed by atoms with Gasteiger partial charge in [-0.15, -0.1) is 0 Å². The number of hydrogen-bond acceptors (Lipinski definition) is 4. The molecule has 0 unspecified atom stereocenters. The number of nitrogens with one attached hydrogen (secondary N) is 1. The first-order valence-corrected chi connectivity index (χ1v) is 10.3. The van der Waals surface area contributed by atoms with Crippen LogP contribution in [0, 0.1) is 0 Å². The number of rotatable bonds is 3. The molecule has 7 heteroatoms. The summed E-state index contributed by atoms with van der Waals surface area (Å²) in [5.41, 5.74) is 2.59. The topological polar surface area (TPSA) is 62.3 Å². The summed E-state index contributed by atoms with van der Waals surface area (Å²) in [6, 6.07) is 11.5. The zero-order valence-electron chi connectivity index (χ0n) is 14.4. The van der Waals surface area contributed by atoms with Crippen molar-refractivity contribution in [3.63, 3.8) is 0 Å². The number of halogens is 1. The second-order valence-electron chi connectivity index (χ2n) is 7.26. The first kappa shape index (κ1) is 16.9. The molecule has 27 heavy (non-hydrogen) atoms. The smallest absolute Gasteiger partial charge is 0.254 e. The SMILES string of the molecule is O=C(CN1CC2(CC2)c2cc(Br)ccc2C1=O)Nc1ccc2cnsc2c1. The Morgan fingerprint density at radius 3 is 2.93 bits per heavy atom. The Balaban J connectivity index is 1.35. The average molecular weight is 442 g/mol. The van der Waals surface area contributed by atoms with Gasteiger partial charge < -0.3 is 10.2 Å². The number of carbonyl (C=O) groups excluding carboxylic acids is 2. The molecule has 0 radical (unpaired) electrons. The standard InChI is InChI=1S/C20H16BrN3O2S/c21-13-2-4-15-16(7-13)20(5-6-20)11-24(19(15)26)10-18(25)23-14-3-1-12-9-22-27-17(12)8-14/h1-4,7-9H,5-6,10-11H2,(H,23,25). The molecule has 2 aromatic carbocycles. The van der Waals surface area contributed by atoms with E-state index in [4.69, 9.17) is 0 Å². The summed E-state index contributed by atoms with van der Waals surface area (Å²) in [4.78, 5) is 27.2. The molecule has 1 saturated carbocycles. The first-order chi connectivity index (χ1) is 13.0. The summed E-state index contributed by atoms with van der Waals surface area (Å²) in [6.45, 7) is 0.674. The van der Waals surface area contributed by atoms with Crippen LogP contribution in [0.15, 0.2) is 47.1 Å². The van der Waals surface area contributed by atoms with Gasteiger partial charge in [0, 0.05) is 39.3 Å². The Labute approximate surface area is 168 Å². The van der Waals surface area contributed by atoms with E-state index < -0.39 is 0 Å². The fourth-order valence-electron chi connectivity index (χ4n) is 3.85. The molecule has 2 aliphatic rings. The third-order valence-electron chi connectivity index (χ3n) is 5.39. The van der Waals surface area contributed by atoms with Crippen LogP contribution in [0.5, 0.6) is 0 Å². The molecule has 3 aromatic rings. The van der Waals surface area contributed by atoms with Gasteiger partial charge in [-0.1, -0.05) is 15.9 Å². The van der Waals surface area contributed by atoms with E-state index in [0.29, 0.717) is 6.54 Å². The van der Waals surface area contributed by atoms with Gasteiger partial charge in [-0.2, -0.15) is 4.37 Å². The monoisotopic (exact) mass is 441 g/mol. The van der Waals surface area contributed by atoms with Gasteiger partial charge in [-0.25, -0.2) is 0 Å². The Morgan fingerprint density at radius 2 is 2.11 bits per heavy atom. The lowest BCUT2D eigenvalue weighted by Gasteiger charge is -2.34. The number of nitrogens with zero attached hydrogens (tertiary/aromatic N) is 2. The van der Waals surface area contributed by atoms with Crippen molar-refractivity contribution in [1.29, 1.82) is 0 Å². The van der Waals surface area contributed by atoms with Crippen molar-refractivity contribution in [2.24, 2.45) is 0 Å². The Hall–Kier alpha value is -2.25. The maximum atomic E-state index is 12.9. The highest BCUT2D eigenvalue weighted by Gasteiger charge is 2.51. The molecule has 5 nitrogen and oxygen atoms in total. The lowest BCUT2D eigenvalue weighted by molar-refractivity contribution is -0.117. The van der Waals surface area contributed by atoms with E-state index in [1.165, 1.54) is 11.5 Å². The molecule has 0 bridgehead atoms. The molecule has 136 valence electrons. The molecule has 1 aromatic heterocycles. The number of fused-ring (bicyclic) bond motifs is 3. The van der Waals surface area contributed by atoms with Crippen LogP contribution in [0.1, 0.15) is 28.8 Å². The van der Waals surface area contributed by atoms with Crippen molar-refractivity contribution in [2.45, 2.75) is 18.3 Å². The van der Waals surface area contributed by atoms with E-state index in [9.17, 15) is 9.59 Å². The summed E-state index contributed by atoms with van der Waals surface area (Å²) in [7, 11) is 0. The minimum atomic E-state index is -0.177. The van der Waals surface area contributed by atoms with Gasteiger partial charge in [-0.05, 0) is 66.3 Å². The number of benzene rings is 2. The number of amides is 2. The second kappa shape index (κ2) is 6.14. The molecule has 2 amide bonds. The highest BCUT2D eigenvalue weighted by Crippen LogP contribution is 2.52. The molecule has 0 atom stereocenters. The van der Waals surface area contributed by atoms with Crippen molar-refractivity contribution in [1.82, 2.24) is 9.27 Å². The highest BCUT2D eigenvalue weighted by atomic mass is 79.9. The van der Waals surface area contributed by atoms with Crippen LogP contribution in [0.2, 0.25) is 0 Å². The van der Waals surface area contributed by atoms with Crippen molar-refractivity contribution < 1.29 is 9.59 Å². The summed E-state index contributed by atoms with van der Waals surface area (Å²) in [6.07, 6.45) is 3.93. The third-order valence-corrected chi connectivity index (χ3v) is 6.65. The van der Waals surface area contributed by atoms with E-state index in [1.54, 1.807) is 4.90 Å². The molecule has 1 aliphatic heterocycles. The van der Waals surface area contributed by atoms with Crippen molar-refractivity contribution in [2.75, 3.05) is 18.4 Å². The number of aromatic nitrogens is 1. The average Bonchev–Trinajstić information content (AvgIpc) is 3.26. The number of hydrogen-bond donors (Lipinski definition) is 1. The van der Waals surface area contributed by atoms with Crippen molar-refractivity contribution in [3.8, 4) is 0 Å². The van der Waals surface area contributed by atoms with E-state index in [1.807, 2.05) is 36.5 Å². The van der Waals surface area contributed by atoms with E-state index >= 15 is 0 Å². The molecule has 5 rings (SSSR count). The predicted octanol–water partition coefficient (Wildman–Crippen LogP) is 4.18. The fourth-order valence-corrected chi connectivity index (χ4v) is 4.90. The zero-order valence-corrected chi connectivity index (χ0v) is 16.8. The van der Waals surface area contributed by atoms with Gasteiger partial charge in [0.1, 0.15) is 6.54 Å². The number of anilines is 1. The van der Waals surface area contributed by atoms with Crippen LogP contribution in [-0.4, -0.2) is 34.2 Å². The summed E-state index contributed by atoms with van der Waals surface area (Å²) >= 11 is 4.90. The van der Waals surface area contributed by atoms with E-state index in [2.05, 4.69) is 31.7 Å². The van der Waals surface area contributed by atoms with Gasteiger partial charge in [-0.3, -0.25) is 9.59 Å². The van der Waals surface area contributed by atoms with Crippen molar-refractivity contribution >= 4 is 55.1 Å². The Bertz CT molecular complexity index is 1090. The van der Waals surface area contributed by atoms with E-state index in [0.717, 1.165) is 44.2 Å². The molecule has 2 heterocycles. The minimum Gasteiger partial charge on any atom is -0.328 e. The van der Waals surface area contributed by atoms with Crippen molar-refractivity contribution in [3.05, 3.63) is 58.2 Å². The summed E-state index contributed by atoms with van der Waals surface area (Å²) < 4.78 is 6.17. The molecular weight excluding hydrogens is 426 g/mol. The quantitative estimate of drug-likeness (QED) is 0.662. The first-order valence-electron chi connectivity index (χ1n) is 8.78. The Morgan fingerprint density at radius 1 is 1.26 bits per heavy atom. The molecule has 1 spiro atoms. The lowest BCUT2D eigenvalue weighted by atomic mass is 9.86. The number of carbonyl (C=O) groups is 2. The van der Waals surface area contributed by atoms with Crippen LogP contribution in [0.4, 0.5) is 5.69 Å². The molecule has 1 N–H and O–H groups in total. The normalized spacial score (nSPS) is 17.2. The maximum Gasteiger partial charge on any atom is 0.254 e. The minimum absolute atomic E-state index is 0.0227. The lowest BCUT2D eigenvalue weighted by Crippen LogP contribution is -2.46. The third kappa shape index (κ3) is 2.95. The Kier molecular flexibility index (Phi) is 3.84. The molecule has 1 fully saturated rings. The van der Waals surface area contributed by atoms with Gasteiger partial charge in [0.15, 0.2) is 0 Å². The van der Waals surface area contributed by atoms with Gasteiger partial charge >= 0.3 is 0 Å². The highest BCUT2D eigenvalue weighted by molar-refractivity contribution is 9.10. The van der Waals surface area contributed by atoms with Crippen LogP contribution < -0.4 is 5.32 Å². The summed E-state index contributed by atoms with van der Waals surface area (Å²) in [5, 5.41) is 3.97. The molecular formula is C20H16BrN3O2S. The largest absolute Gasteiger partial charge is 0.328 e. The van der Waals surface area contributed by atoms with E-state index in [-0.39, 0.29) is 23.8 Å². The van der Waals surface area contributed by atoms with Crippen LogP contribution in [0.3, 0.4) is 0 Å². The predicted molar refractivity (Wildman–Crippen MR) is 109 cm³/mol.